The van der Waals surface area contributed by atoms with Gasteiger partial charge in [0, 0.05) is 30.1 Å². The van der Waals surface area contributed by atoms with Crippen LogP contribution in [0.2, 0.25) is 10.0 Å². The minimum absolute atomic E-state index is 0.00797. The van der Waals surface area contributed by atoms with Crippen LogP contribution in [0.15, 0.2) is 108 Å². The fourth-order valence-electron chi connectivity index (χ4n) is 4.79. The summed E-state index contributed by atoms with van der Waals surface area (Å²) in [6.07, 6.45) is 1.69. The lowest BCUT2D eigenvalue weighted by molar-refractivity contribution is -0.140. The van der Waals surface area contributed by atoms with Gasteiger partial charge in [-0.05, 0) is 48.4 Å². The zero-order chi connectivity index (χ0) is 32.4. The molecule has 4 rings (SSSR count). The van der Waals surface area contributed by atoms with Gasteiger partial charge in [-0.3, -0.25) is 13.9 Å². The highest BCUT2D eigenvalue weighted by Gasteiger charge is 2.35. The Morgan fingerprint density at radius 3 is 2.18 bits per heavy atom. The summed E-state index contributed by atoms with van der Waals surface area (Å²) >= 11 is 12.6. The van der Waals surface area contributed by atoms with Crippen LogP contribution in [0, 0.1) is 5.82 Å². The second-order valence-electron chi connectivity index (χ2n) is 10.4. The molecule has 0 saturated heterocycles. The summed E-state index contributed by atoms with van der Waals surface area (Å²) in [7, 11) is -4.34. The minimum Gasteiger partial charge on any atom is -0.354 e. The maximum atomic E-state index is 15.0. The van der Waals surface area contributed by atoms with Gasteiger partial charge in [-0.25, -0.2) is 12.8 Å². The Bertz CT molecular complexity index is 1710. The maximum absolute atomic E-state index is 15.0. The van der Waals surface area contributed by atoms with Gasteiger partial charge in [0.25, 0.3) is 10.0 Å². The second-order valence-corrected chi connectivity index (χ2v) is 13.1. The number of carbonyl (C=O) groups excluding carboxylic acids is 2. The Balaban J connectivity index is 1.81. The highest BCUT2D eigenvalue weighted by molar-refractivity contribution is 7.92. The molecule has 2 amide bonds. The van der Waals surface area contributed by atoms with Crippen molar-refractivity contribution < 1.29 is 22.4 Å². The SMILES string of the molecule is CCCCNC(=O)[C@@H](Cc1ccccc1)N(Cc1ccccc1F)C(=O)CN(c1ccc(Cl)cc1Cl)S(=O)(=O)c1ccccc1. The summed E-state index contributed by atoms with van der Waals surface area (Å²) in [5.74, 6) is -1.72. The highest BCUT2D eigenvalue weighted by atomic mass is 35.5. The molecule has 0 saturated carbocycles. The van der Waals surface area contributed by atoms with Gasteiger partial charge in [0.2, 0.25) is 11.8 Å². The molecule has 236 valence electrons. The number of benzene rings is 4. The van der Waals surface area contributed by atoms with E-state index in [1.54, 1.807) is 24.3 Å². The molecule has 1 N–H and O–H groups in total. The fourth-order valence-corrected chi connectivity index (χ4v) is 6.80. The smallest absolute Gasteiger partial charge is 0.264 e. The number of anilines is 1. The largest absolute Gasteiger partial charge is 0.354 e. The van der Waals surface area contributed by atoms with Crippen LogP contribution in [0.3, 0.4) is 0 Å². The monoisotopic (exact) mass is 669 g/mol. The van der Waals surface area contributed by atoms with Gasteiger partial charge in [-0.15, -0.1) is 0 Å². The lowest BCUT2D eigenvalue weighted by Crippen LogP contribution is -2.53. The van der Waals surface area contributed by atoms with E-state index in [9.17, 15) is 18.0 Å². The van der Waals surface area contributed by atoms with Crippen LogP contribution < -0.4 is 9.62 Å². The van der Waals surface area contributed by atoms with Crippen molar-refractivity contribution in [3.8, 4) is 0 Å². The number of unbranched alkanes of at least 4 members (excludes halogenated alkanes) is 1. The molecule has 4 aromatic rings. The number of hydrogen-bond donors (Lipinski definition) is 1. The molecule has 0 fully saturated rings. The number of rotatable bonds is 14. The summed E-state index contributed by atoms with van der Waals surface area (Å²) < 4.78 is 44.0. The van der Waals surface area contributed by atoms with Crippen molar-refractivity contribution in [3.63, 3.8) is 0 Å². The highest BCUT2D eigenvalue weighted by Crippen LogP contribution is 2.33. The van der Waals surface area contributed by atoms with Crippen LogP contribution >= 0.6 is 23.2 Å². The molecule has 0 radical (unpaired) electrons. The van der Waals surface area contributed by atoms with Crippen molar-refractivity contribution in [1.29, 1.82) is 0 Å². The molecular weight excluding hydrogens is 636 g/mol. The van der Waals surface area contributed by atoms with E-state index < -0.39 is 40.2 Å². The van der Waals surface area contributed by atoms with Gasteiger partial charge < -0.3 is 10.2 Å². The van der Waals surface area contributed by atoms with E-state index >= 15 is 4.39 Å². The topological polar surface area (TPSA) is 86.8 Å². The first-order chi connectivity index (χ1) is 21.6. The van der Waals surface area contributed by atoms with Crippen molar-refractivity contribution in [2.24, 2.45) is 0 Å². The summed E-state index contributed by atoms with van der Waals surface area (Å²) in [5.41, 5.74) is 0.970. The minimum atomic E-state index is -4.34. The van der Waals surface area contributed by atoms with Gasteiger partial charge in [-0.2, -0.15) is 0 Å². The van der Waals surface area contributed by atoms with E-state index in [2.05, 4.69) is 5.32 Å². The van der Waals surface area contributed by atoms with Crippen LogP contribution in [0.1, 0.15) is 30.9 Å². The Kier molecular flexibility index (Phi) is 12.0. The zero-order valence-electron chi connectivity index (χ0n) is 24.7. The number of sulfonamides is 1. The Labute approximate surface area is 273 Å². The molecule has 0 unspecified atom stereocenters. The molecule has 0 aliphatic rings. The number of nitrogens with zero attached hydrogens (tertiary/aromatic N) is 2. The molecular formula is C34H34Cl2FN3O4S. The third-order valence-corrected chi connectivity index (χ3v) is 9.50. The zero-order valence-corrected chi connectivity index (χ0v) is 27.0. The molecule has 0 aliphatic heterocycles. The van der Waals surface area contributed by atoms with Crippen molar-refractivity contribution in [2.75, 3.05) is 17.4 Å². The van der Waals surface area contributed by atoms with Crippen LogP contribution in [0.25, 0.3) is 0 Å². The van der Waals surface area contributed by atoms with E-state index in [-0.39, 0.29) is 39.2 Å². The molecule has 1 atom stereocenters. The summed E-state index contributed by atoms with van der Waals surface area (Å²) in [5, 5.41) is 3.19. The number of nitrogens with one attached hydrogen (secondary N) is 1. The number of amides is 2. The average molecular weight is 671 g/mol. The molecule has 11 heteroatoms. The molecule has 0 aromatic heterocycles. The van der Waals surface area contributed by atoms with Gasteiger partial charge >= 0.3 is 0 Å². The molecule has 4 aromatic carbocycles. The average Bonchev–Trinajstić information content (AvgIpc) is 3.03. The normalized spacial score (nSPS) is 11.9. The first kappa shape index (κ1) is 34.0. The van der Waals surface area contributed by atoms with E-state index in [1.807, 2.05) is 37.3 Å². The Morgan fingerprint density at radius 2 is 1.53 bits per heavy atom. The molecule has 0 heterocycles. The first-order valence-electron chi connectivity index (χ1n) is 14.5. The van der Waals surface area contributed by atoms with Crippen LogP contribution in [-0.4, -0.2) is 44.3 Å². The van der Waals surface area contributed by atoms with Crippen molar-refractivity contribution in [2.45, 2.75) is 43.7 Å². The Hall–Kier alpha value is -3.92. The predicted molar refractivity (Wildman–Crippen MR) is 176 cm³/mol. The first-order valence-corrected chi connectivity index (χ1v) is 16.7. The van der Waals surface area contributed by atoms with Gasteiger partial charge in [-0.1, -0.05) is 103 Å². The number of carbonyl (C=O) groups is 2. The van der Waals surface area contributed by atoms with Crippen LogP contribution in [0.5, 0.6) is 0 Å². The number of hydrogen-bond acceptors (Lipinski definition) is 4. The number of halogens is 3. The van der Waals surface area contributed by atoms with Gasteiger partial charge in [0.1, 0.15) is 18.4 Å². The summed E-state index contributed by atoms with van der Waals surface area (Å²) in [6, 6.07) is 25.9. The molecule has 0 bridgehead atoms. The Morgan fingerprint density at radius 1 is 0.889 bits per heavy atom. The fraction of sp³-hybridized carbons (Fsp3) is 0.235. The van der Waals surface area contributed by atoms with Crippen LogP contribution in [-0.2, 0) is 32.6 Å². The quantitative estimate of drug-likeness (QED) is 0.148. The lowest BCUT2D eigenvalue weighted by atomic mass is 10.0. The second kappa shape index (κ2) is 15.9. The summed E-state index contributed by atoms with van der Waals surface area (Å²) in [6.45, 7) is 1.38. The standard InChI is InChI=1S/C34H34Cl2FN3O4S/c1-2-3-20-38-34(42)32(21-25-12-6-4-7-13-25)39(23-26-14-10-11-17-30(26)37)33(41)24-40(31-19-18-27(35)22-29(31)36)45(43,44)28-15-8-5-9-16-28/h4-19,22,32H,2-3,20-21,23-24H2,1H3,(H,38,42)/t32-/m1/s1. The van der Waals surface area contributed by atoms with E-state index in [1.165, 1.54) is 53.4 Å². The lowest BCUT2D eigenvalue weighted by Gasteiger charge is -2.34. The van der Waals surface area contributed by atoms with E-state index in [0.29, 0.717) is 6.54 Å². The van der Waals surface area contributed by atoms with Gasteiger partial charge in [0.05, 0.1) is 15.6 Å². The van der Waals surface area contributed by atoms with Crippen molar-refractivity contribution >= 4 is 50.7 Å². The third-order valence-electron chi connectivity index (χ3n) is 7.19. The van der Waals surface area contributed by atoms with E-state index in [4.69, 9.17) is 23.2 Å². The van der Waals surface area contributed by atoms with Crippen molar-refractivity contribution in [1.82, 2.24) is 10.2 Å². The van der Waals surface area contributed by atoms with Crippen molar-refractivity contribution in [3.05, 3.63) is 130 Å². The van der Waals surface area contributed by atoms with Crippen LogP contribution in [0.4, 0.5) is 10.1 Å². The van der Waals surface area contributed by atoms with Gasteiger partial charge in [0.15, 0.2) is 0 Å². The van der Waals surface area contributed by atoms with E-state index in [0.717, 1.165) is 22.7 Å². The third kappa shape index (κ3) is 8.84. The summed E-state index contributed by atoms with van der Waals surface area (Å²) in [4.78, 5) is 29.3. The molecule has 7 nitrogen and oxygen atoms in total. The predicted octanol–water partition coefficient (Wildman–Crippen LogP) is 6.88. The molecule has 0 spiro atoms. The molecule has 0 aliphatic carbocycles. The maximum Gasteiger partial charge on any atom is 0.264 e. The molecule has 45 heavy (non-hydrogen) atoms.